The monoisotopic (exact) mass is 300 g/mol. The molecule has 3 aromatic carbocycles. The largest absolute Gasteiger partial charge is 0.0648 e. The Hall–Kier alpha value is -2.17. The molecule has 0 bridgehead atoms. The highest BCUT2D eigenvalue weighted by Crippen LogP contribution is 2.41. The first-order valence-electron chi connectivity index (χ1n) is 7.60. The second-order valence-corrected chi connectivity index (χ2v) is 7.86. The lowest BCUT2D eigenvalue weighted by molar-refractivity contribution is 1.55. The van der Waals surface area contributed by atoms with E-state index in [0.717, 1.165) is 0 Å². The van der Waals surface area contributed by atoms with E-state index in [1.165, 1.54) is 21.0 Å². The Morgan fingerprint density at radius 1 is 0.500 bits per heavy atom. The molecule has 0 atom stereocenters. The summed E-state index contributed by atoms with van der Waals surface area (Å²) in [4.78, 5) is 0. The second-order valence-electron chi connectivity index (χ2n) is 5.49. The van der Waals surface area contributed by atoms with Crippen LogP contribution in [0.5, 0.6) is 0 Å². The minimum atomic E-state index is -0.409. The highest BCUT2D eigenvalue weighted by atomic mass is 31.1. The van der Waals surface area contributed by atoms with Crippen LogP contribution in [0.3, 0.4) is 0 Å². The predicted octanol–water partition coefficient (Wildman–Crippen LogP) is 2.76. The molecule has 0 heterocycles. The fourth-order valence-corrected chi connectivity index (χ4v) is 5.64. The summed E-state index contributed by atoms with van der Waals surface area (Å²) in [6.45, 7) is 0. The summed E-state index contributed by atoms with van der Waals surface area (Å²) in [6.07, 6.45) is 4.86. The van der Waals surface area contributed by atoms with Crippen molar-refractivity contribution in [3.05, 3.63) is 95.4 Å². The highest BCUT2D eigenvalue weighted by molar-refractivity contribution is 7.74. The lowest BCUT2D eigenvalue weighted by Crippen LogP contribution is -2.19. The maximum Gasteiger partial charge on any atom is 0.0249 e. The van der Waals surface area contributed by atoms with E-state index in [2.05, 4.69) is 97.1 Å². The Morgan fingerprint density at radius 3 is 1.36 bits per heavy atom. The first kappa shape index (κ1) is 13.5. The molecular weight excluding hydrogens is 283 g/mol. The Bertz CT molecular complexity index is 807. The third-order valence-electron chi connectivity index (χ3n) is 4.06. The van der Waals surface area contributed by atoms with Crippen molar-refractivity contribution in [1.82, 2.24) is 0 Å². The summed E-state index contributed by atoms with van der Waals surface area (Å²) in [6, 6.07) is 30.5. The van der Waals surface area contributed by atoms with E-state index < -0.39 is 7.92 Å². The average Bonchev–Trinajstić information content (AvgIpc) is 3.00. The van der Waals surface area contributed by atoms with Crippen molar-refractivity contribution in [3.63, 3.8) is 0 Å². The minimum absolute atomic E-state index is 0.409. The van der Waals surface area contributed by atoms with Gasteiger partial charge in [-0.2, -0.15) is 0 Å². The van der Waals surface area contributed by atoms with Crippen LogP contribution < -0.4 is 21.0 Å². The zero-order valence-electron chi connectivity index (χ0n) is 12.3. The van der Waals surface area contributed by atoms with Gasteiger partial charge in [0.05, 0.1) is 0 Å². The van der Waals surface area contributed by atoms with Gasteiger partial charge in [-0.15, -0.1) is 0 Å². The number of rotatable bonds is 3. The van der Waals surface area contributed by atoms with Crippen molar-refractivity contribution in [3.8, 4) is 0 Å². The Labute approximate surface area is 132 Å². The third-order valence-corrected chi connectivity index (χ3v) is 6.67. The molecule has 0 N–H and O–H groups in total. The average molecular weight is 300 g/mol. The number of hydrogen-bond donors (Lipinski definition) is 0. The molecular formula is C21H17P. The summed E-state index contributed by atoms with van der Waals surface area (Å²) < 4.78 is 0. The van der Waals surface area contributed by atoms with Crippen LogP contribution in [0.2, 0.25) is 0 Å². The fourth-order valence-electron chi connectivity index (χ4n) is 3.05. The van der Waals surface area contributed by atoms with Crippen molar-refractivity contribution in [2.24, 2.45) is 0 Å². The fraction of sp³-hybridized carbons (Fsp3) is 0.0476. The molecule has 1 aliphatic carbocycles. The predicted molar refractivity (Wildman–Crippen MR) is 97.5 cm³/mol. The van der Waals surface area contributed by atoms with Gasteiger partial charge in [-0.3, -0.25) is 0 Å². The van der Waals surface area contributed by atoms with E-state index >= 15 is 0 Å². The van der Waals surface area contributed by atoms with Crippen LogP contribution in [0.15, 0.2) is 84.9 Å². The highest BCUT2D eigenvalue weighted by Gasteiger charge is 2.22. The first-order chi connectivity index (χ1) is 10.9. The van der Waals surface area contributed by atoms with Gasteiger partial charge >= 0.3 is 0 Å². The molecule has 4 rings (SSSR count). The van der Waals surface area contributed by atoms with Gasteiger partial charge in [-0.1, -0.05) is 97.1 Å². The molecule has 0 amide bonds. The second kappa shape index (κ2) is 5.91. The van der Waals surface area contributed by atoms with Crippen LogP contribution in [0.1, 0.15) is 0 Å². The van der Waals surface area contributed by atoms with Crippen molar-refractivity contribution < 1.29 is 0 Å². The van der Waals surface area contributed by atoms with E-state index in [4.69, 9.17) is 0 Å². The van der Waals surface area contributed by atoms with E-state index in [1.54, 1.807) is 0 Å². The maximum absolute atomic E-state index is 2.43. The molecule has 0 aliphatic heterocycles. The SMILES string of the molecule is C1=c2ccccc2=CC1P(c1ccccc1)c1ccccc1. The standard InChI is InChI=1S/C21H17P/c1-3-11-19(12-4-1)22(20-13-5-2-6-14-20)21-15-17-9-7-8-10-18(17)16-21/h1-16,21H. The Morgan fingerprint density at radius 2 is 0.909 bits per heavy atom. The first-order valence-corrected chi connectivity index (χ1v) is 9.01. The molecule has 106 valence electrons. The van der Waals surface area contributed by atoms with Gasteiger partial charge in [-0.25, -0.2) is 0 Å². The Balaban J connectivity index is 1.85. The lowest BCUT2D eigenvalue weighted by atomic mass is 10.3. The molecule has 0 nitrogen and oxygen atoms in total. The normalized spacial score (nSPS) is 13.5. The van der Waals surface area contributed by atoms with Crippen molar-refractivity contribution in [2.45, 2.75) is 5.66 Å². The van der Waals surface area contributed by atoms with Gasteiger partial charge < -0.3 is 0 Å². The van der Waals surface area contributed by atoms with Gasteiger partial charge in [0.2, 0.25) is 0 Å². The smallest absolute Gasteiger partial charge is 0.0249 e. The topological polar surface area (TPSA) is 0 Å². The zero-order valence-corrected chi connectivity index (χ0v) is 13.2. The van der Waals surface area contributed by atoms with Crippen LogP contribution in [0.25, 0.3) is 12.2 Å². The molecule has 0 aromatic heterocycles. The number of hydrogen-bond acceptors (Lipinski definition) is 0. The molecule has 1 aliphatic rings. The quantitative estimate of drug-likeness (QED) is 0.653. The van der Waals surface area contributed by atoms with E-state index in [-0.39, 0.29) is 0 Å². The molecule has 0 saturated heterocycles. The van der Waals surface area contributed by atoms with Crippen molar-refractivity contribution >= 4 is 30.7 Å². The summed E-state index contributed by atoms with van der Waals surface area (Å²) in [5.74, 6) is 0. The van der Waals surface area contributed by atoms with Gasteiger partial charge in [0.25, 0.3) is 0 Å². The molecule has 0 radical (unpaired) electrons. The van der Waals surface area contributed by atoms with Crippen LogP contribution in [0.4, 0.5) is 0 Å². The lowest BCUT2D eigenvalue weighted by Gasteiger charge is -2.23. The molecule has 3 aromatic rings. The molecule has 0 fully saturated rings. The number of benzene rings is 3. The molecule has 0 spiro atoms. The van der Waals surface area contributed by atoms with Crippen LogP contribution >= 0.6 is 7.92 Å². The summed E-state index contributed by atoms with van der Waals surface area (Å²) >= 11 is 0. The molecule has 0 saturated carbocycles. The van der Waals surface area contributed by atoms with Gasteiger partial charge in [0.15, 0.2) is 0 Å². The van der Waals surface area contributed by atoms with E-state index in [9.17, 15) is 0 Å². The maximum atomic E-state index is 2.43. The number of fused-ring (bicyclic) bond motifs is 1. The van der Waals surface area contributed by atoms with Crippen LogP contribution in [-0.2, 0) is 0 Å². The van der Waals surface area contributed by atoms with Crippen LogP contribution in [-0.4, -0.2) is 5.66 Å². The summed E-state index contributed by atoms with van der Waals surface area (Å²) in [5.41, 5.74) is 0.470. The van der Waals surface area contributed by atoms with E-state index in [0.29, 0.717) is 5.66 Å². The van der Waals surface area contributed by atoms with Gasteiger partial charge in [-0.05, 0) is 29.0 Å². The minimum Gasteiger partial charge on any atom is -0.0648 e. The van der Waals surface area contributed by atoms with Crippen molar-refractivity contribution in [1.29, 1.82) is 0 Å². The molecule has 0 unspecified atom stereocenters. The Kier molecular flexibility index (Phi) is 3.62. The zero-order chi connectivity index (χ0) is 14.8. The van der Waals surface area contributed by atoms with E-state index in [1.807, 2.05) is 0 Å². The molecule has 1 heteroatoms. The van der Waals surface area contributed by atoms with Gasteiger partial charge in [0, 0.05) is 5.66 Å². The van der Waals surface area contributed by atoms with Crippen molar-refractivity contribution in [2.75, 3.05) is 0 Å². The third kappa shape index (κ3) is 2.51. The van der Waals surface area contributed by atoms with Gasteiger partial charge in [0.1, 0.15) is 0 Å². The summed E-state index contributed by atoms with van der Waals surface area (Å²) in [5, 5.41) is 5.61. The summed E-state index contributed by atoms with van der Waals surface area (Å²) in [7, 11) is -0.409. The van der Waals surface area contributed by atoms with Crippen LogP contribution in [0, 0.1) is 0 Å². The molecule has 22 heavy (non-hydrogen) atoms.